The standard InChI is InChI=1S/C15H14BrN3O3S/c16-12-7-6-11(23-12)15(22)19-18-13(20)8-9-17-14(21)10-4-2-1-3-5-10/h1-7H,8-9H2,(H,17,21)(H,18,20)(H,19,22). The maximum atomic E-state index is 11.8. The Morgan fingerprint density at radius 1 is 0.957 bits per heavy atom. The molecule has 3 amide bonds. The third-order valence-corrected chi connectivity index (χ3v) is 4.41. The van der Waals surface area contributed by atoms with E-state index in [2.05, 4.69) is 32.1 Å². The molecule has 0 aliphatic rings. The van der Waals surface area contributed by atoms with Gasteiger partial charge in [-0.05, 0) is 40.2 Å². The number of hydrogen-bond acceptors (Lipinski definition) is 4. The number of benzene rings is 1. The van der Waals surface area contributed by atoms with Gasteiger partial charge in [-0.25, -0.2) is 0 Å². The number of carbonyl (C=O) groups excluding carboxylic acids is 3. The molecule has 1 aromatic heterocycles. The predicted molar refractivity (Wildman–Crippen MR) is 91.0 cm³/mol. The van der Waals surface area contributed by atoms with Crippen LogP contribution in [0.15, 0.2) is 46.3 Å². The quantitative estimate of drug-likeness (QED) is 0.677. The number of hydrogen-bond donors (Lipinski definition) is 3. The van der Waals surface area contributed by atoms with Crippen LogP contribution >= 0.6 is 27.3 Å². The van der Waals surface area contributed by atoms with Crippen LogP contribution in [0, 0.1) is 0 Å². The van der Waals surface area contributed by atoms with E-state index in [-0.39, 0.29) is 30.7 Å². The lowest BCUT2D eigenvalue weighted by Gasteiger charge is -2.07. The largest absolute Gasteiger partial charge is 0.352 e. The van der Waals surface area contributed by atoms with Crippen molar-refractivity contribution in [3.8, 4) is 0 Å². The number of halogens is 1. The second-order valence-electron chi connectivity index (χ2n) is 4.48. The highest BCUT2D eigenvalue weighted by molar-refractivity contribution is 9.11. The summed E-state index contributed by atoms with van der Waals surface area (Å²) in [6, 6.07) is 12.1. The average molecular weight is 396 g/mol. The van der Waals surface area contributed by atoms with Gasteiger partial charge in [-0.15, -0.1) is 11.3 Å². The lowest BCUT2D eigenvalue weighted by atomic mass is 10.2. The first-order valence-electron chi connectivity index (χ1n) is 6.74. The van der Waals surface area contributed by atoms with E-state index in [1.807, 2.05) is 6.07 Å². The molecule has 120 valence electrons. The lowest BCUT2D eigenvalue weighted by Crippen LogP contribution is -2.42. The molecule has 8 heteroatoms. The maximum absolute atomic E-state index is 11.8. The van der Waals surface area contributed by atoms with Crippen molar-refractivity contribution in [2.24, 2.45) is 0 Å². The van der Waals surface area contributed by atoms with Crippen LogP contribution in [-0.2, 0) is 4.79 Å². The van der Waals surface area contributed by atoms with Crippen LogP contribution < -0.4 is 16.2 Å². The zero-order chi connectivity index (χ0) is 16.7. The molecule has 0 bridgehead atoms. The Bertz CT molecular complexity index is 703. The molecule has 6 nitrogen and oxygen atoms in total. The van der Waals surface area contributed by atoms with Crippen molar-refractivity contribution in [3.05, 3.63) is 56.7 Å². The Morgan fingerprint density at radius 3 is 2.35 bits per heavy atom. The summed E-state index contributed by atoms with van der Waals surface area (Å²) in [6.07, 6.45) is 0.0625. The van der Waals surface area contributed by atoms with E-state index in [1.54, 1.807) is 36.4 Å². The minimum atomic E-state index is -0.387. The van der Waals surface area contributed by atoms with Crippen LogP contribution in [0.25, 0.3) is 0 Å². The van der Waals surface area contributed by atoms with E-state index in [9.17, 15) is 14.4 Å². The summed E-state index contributed by atoms with van der Waals surface area (Å²) in [5.41, 5.74) is 5.16. The third-order valence-electron chi connectivity index (χ3n) is 2.79. The maximum Gasteiger partial charge on any atom is 0.279 e. The summed E-state index contributed by atoms with van der Waals surface area (Å²) >= 11 is 4.52. The highest BCUT2D eigenvalue weighted by atomic mass is 79.9. The van der Waals surface area contributed by atoms with Crippen LogP contribution in [0.2, 0.25) is 0 Å². The highest BCUT2D eigenvalue weighted by Crippen LogP contribution is 2.21. The van der Waals surface area contributed by atoms with Crippen molar-refractivity contribution in [1.29, 1.82) is 0 Å². The molecule has 3 N–H and O–H groups in total. The van der Waals surface area contributed by atoms with Gasteiger partial charge in [-0.2, -0.15) is 0 Å². The fourth-order valence-corrected chi connectivity index (χ4v) is 2.95. The van der Waals surface area contributed by atoms with Crippen molar-refractivity contribution in [2.45, 2.75) is 6.42 Å². The van der Waals surface area contributed by atoms with Crippen LogP contribution in [-0.4, -0.2) is 24.3 Å². The number of nitrogens with one attached hydrogen (secondary N) is 3. The van der Waals surface area contributed by atoms with Crippen molar-refractivity contribution in [3.63, 3.8) is 0 Å². The minimum Gasteiger partial charge on any atom is -0.352 e. The summed E-state index contributed by atoms with van der Waals surface area (Å²) < 4.78 is 0.831. The lowest BCUT2D eigenvalue weighted by molar-refractivity contribution is -0.121. The Balaban J connectivity index is 1.67. The van der Waals surface area contributed by atoms with Gasteiger partial charge in [-0.3, -0.25) is 25.2 Å². The molecule has 1 heterocycles. The molecule has 0 saturated heterocycles. The van der Waals surface area contributed by atoms with E-state index in [1.165, 1.54) is 11.3 Å². The van der Waals surface area contributed by atoms with Crippen LogP contribution in [0.1, 0.15) is 26.5 Å². The van der Waals surface area contributed by atoms with E-state index in [0.29, 0.717) is 10.4 Å². The molecule has 0 aliphatic heterocycles. The zero-order valence-electron chi connectivity index (χ0n) is 12.0. The molecule has 0 radical (unpaired) electrons. The number of carbonyl (C=O) groups is 3. The first-order valence-corrected chi connectivity index (χ1v) is 8.35. The molecule has 0 atom stereocenters. The molecule has 0 unspecified atom stereocenters. The van der Waals surface area contributed by atoms with Gasteiger partial charge < -0.3 is 5.32 Å². The Kier molecular flexibility index (Phi) is 6.30. The van der Waals surface area contributed by atoms with Gasteiger partial charge in [0.25, 0.3) is 11.8 Å². The summed E-state index contributed by atoms with van der Waals surface area (Å²) in [5, 5.41) is 2.64. The van der Waals surface area contributed by atoms with E-state index in [0.717, 1.165) is 3.79 Å². The van der Waals surface area contributed by atoms with Gasteiger partial charge in [0, 0.05) is 18.5 Å². The SMILES string of the molecule is O=C(CCNC(=O)c1ccccc1)NNC(=O)c1ccc(Br)s1. The first kappa shape index (κ1) is 17.2. The number of hydrazine groups is 1. The van der Waals surface area contributed by atoms with Gasteiger partial charge in [0.1, 0.15) is 0 Å². The zero-order valence-corrected chi connectivity index (χ0v) is 14.4. The van der Waals surface area contributed by atoms with Crippen LogP contribution in [0.5, 0.6) is 0 Å². The molecular weight excluding hydrogens is 382 g/mol. The fourth-order valence-electron chi connectivity index (χ4n) is 1.67. The van der Waals surface area contributed by atoms with Crippen LogP contribution in [0.3, 0.4) is 0 Å². The number of amides is 3. The summed E-state index contributed by atoms with van der Waals surface area (Å²) in [5.74, 6) is -1.02. The monoisotopic (exact) mass is 395 g/mol. The Morgan fingerprint density at radius 2 is 1.70 bits per heavy atom. The molecule has 0 spiro atoms. The number of thiophene rings is 1. The van der Waals surface area contributed by atoms with Crippen molar-refractivity contribution in [2.75, 3.05) is 6.54 Å². The highest BCUT2D eigenvalue weighted by Gasteiger charge is 2.10. The Hall–Kier alpha value is -2.19. The van der Waals surface area contributed by atoms with Crippen molar-refractivity contribution in [1.82, 2.24) is 16.2 Å². The third kappa shape index (κ3) is 5.50. The molecule has 2 aromatic rings. The van der Waals surface area contributed by atoms with Crippen LogP contribution in [0.4, 0.5) is 0 Å². The molecular formula is C15H14BrN3O3S. The average Bonchev–Trinajstić information content (AvgIpc) is 3.00. The van der Waals surface area contributed by atoms with E-state index < -0.39 is 0 Å². The van der Waals surface area contributed by atoms with Gasteiger partial charge in [0.2, 0.25) is 5.91 Å². The normalized spacial score (nSPS) is 9.96. The molecule has 23 heavy (non-hydrogen) atoms. The van der Waals surface area contributed by atoms with E-state index in [4.69, 9.17) is 0 Å². The van der Waals surface area contributed by atoms with Gasteiger partial charge in [0.15, 0.2) is 0 Å². The topological polar surface area (TPSA) is 87.3 Å². The smallest absolute Gasteiger partial charge is 0.279 e. The van der Waals surface area contributed by atoms with E-state index >= 15 is 0 Å². The molecule has 1 aromatic carbocycles. The molecule has 0 aliphatic carbocycles. The second-order valence-corrected chi connectivity index (χ2v) is 6.94. The summed E-state index contributed by atoms with van der Waals surface area (Å²) in [6.45, 7) is 0.181. The Labute approximate surface area is 145 Å². The minimum absolute atomic E-state index is 0.0625. The predicted octanol–water partition coefficient (Wildman–Crippen LogP) is 2.09. The van der Waals surface area contributed by atoms with Crippen molar-refractivity contribution < 1.29 is 14.4 Å². The van der Waals surface area contributed by atoms with Crippen molar-refractivity contribution >= 4 is 45.0 Å². The summed E-state index contributed by atoms with van der Waals surface area (Å²) in [4.78, 5) is 35.6. The molecule has 0 fully saturated rings. The summed E-state index contributed by atoms with van der Waals surface area (Å²) in [7, 11) is 0. The van der Waals surface area contributed by atoms with Gasteiger partial charge >= 0.3 is 0 Å². The first-order chi connectivity index (χ1) is 11.1. The molecule has 0 saturated carbocycles. The fraction of sp³-hybridized carbons (Fsp3) is 0.133. The molecule has 2 rings (SSSR count). The van der Waals surface area contributed by atoms with Gasteiger partial charge in [0.05, 0.1) is 8.66 Å². The number of rotatable bonds is 5. The second kappa shape index (κ2) is 8.44. The van der Waals surface area contributed by atoms with Gasteiger partial charge in [-0.1, -0.05) is 18.2 Å².